The van der Waals surface area contributed by atoms with E-state index >= 15 is 0 Å². The number of rotatable bonds is 36. The zero-order valence-corrected chi connectivity index (χ0v) is 31.1. The van der Waals surface area contributed by atoms with Crippen molar-refractivity contribution in [1.29, 1.82) is 0 Å². The lowest BCUT2D eigenvalue weighted by molar-refractivity contribution is -0.121. The molecule has 7 heteroatoms. The Hall–Kier alpha value is -1.18. The molecule has 2 saturated heterocycles. The lowest BCUT2D eigenvalue weighted by atomic mass is 10.0. The first-order valence-electron chi connectivity index (χ1n) is 20.7. The Labute approximate surface area is 290 Å². The number of carbonyl (C=O) groups is 2. The smallest absolute Gasteiger partial charge is 0.220 e. The summed E-state index contributed by atoms with van der Waals surface area (Å²) in [6.07, 6.45) is 36.4. The van der Waals surface area contributed by atoms with Gasteiger partial charge in [0.1, 0.15) is 0 Å². The van der Waals surface area contributed by atoms with Gasteiger partial charge in [-0.05, 0) is 38.5 Å². The summed E-state index contributed by atoms with van der Waals surface area (Å²) in [5, 5.41) is 9.32. The Bertz CT molecular complexity index is 691. The van der Waals surface area contributed by atoms with Crippen LogP contribution in [-0.4, -0.2) is 62.4 Å². The van der Waals surface area contributed by atoms with Gasteiger partial charge in [-0.2, -0.15) is 0 Å². The Kier molecular flexibility index (Phi) is 26.5. The Morgan fingerprint density at radius 3 is 1.04 bits per heavy atom. The van der Waals surface area contributed by atoms with E-state index in [1.165, 1.54) is 141 Å². The third-order valence-corrected chi connectivity index (χ3v) is 10.1. The molecule has 0 aromatic carbocycles. The average Bonchev–Trinajstić information content (AvgIpc) is 4.00. The minimum Gasteiger partial charge on any atom is -0.370 e. The molecule has 0 aromatic heterocycles. The quantitative estimate of drug-likeness (QED) is 0.0459. The first-order valence-corrected chi connectivity index (χ1v) is 20.7. The number of nitrogens with one attached hydrogen (secondary N) is 3. The highest BCUT2D eigenvalue weighted by atomic mass is 16.6. The lowest BCUT2D eigenvalue weighted by Gasteiger charge is -2.08. The second kappa shape index (κ2) is 29.7. The van der Waals surface area contributed by atoms with Gasteiger partial charge < -0.3 is 25.4 Å². The topological polar surface area (TPSA) is 95.3 Å². The third-order valence-electron chi connectivity index (χ3n) is 10.1. The summed E-state index contributed by atoms with van der Waals surface area (Å²) in [6.45, 7) is 7.29. The van der Waals surface area contributed by atoms with Crippen molar-refractivity contribution in [3.05, 3.63) is 0 Å². The van der Waals surface area contributed by atoms with E-state index in [1.807, 2.05) is 0 Å². The first-order chi connectivity index (χ1) is 23.1. The molecule has 0 aliphatic carbocycles. The van der Waals surface area contributed by atoms with Crippen LogP contribution in [0.1, 0.15) is 194 Å². The molecule has 0 saturated carbocycles. The van der Waals surface area contributed by atoms with Gasteiger partial charge in [0.2, 0.25) is 11.8 Å². The van der Waals surface area contributed by atoms with Crippen molar-refractivity contribution in [2.45, 2.75) is 218 Å². The standard InChI is InChI=1S/C40H77N3O4/c1-3-5-7-9-13-19-25-35-37(46-35)27-21-15-11-17-23-29-39(44)42-33-31-41-32-34-43-40(45)30-24-18-12-16-22-28-38-36(47-38)26-20-14-10-8-6-4-2/h35-38,41H,3-34H2,1-2H3,(H,42,44)(H,43,45). The van der Waals surface area contributed by atoms with E-state index in [0.29, 0.717) is 50.3 Å². The van der Waals surface area contributed by atoms with E-state index in [-0.39, 0.29) is 11.8 Å². The van der Waals surface area contributed by atoms with E-state index in [2.05, 4.69) is 29.8 Å². The highest BCUT2D eigenvalue weighted by molar-refractivity contribution is 5.76. The van der Waals surface area contributed by atoms with E-state index < -0.39 is 0 Å². The predicted octanol–water partition coefficient (Wildman–Crippen LogP) is 9.31. The zero-order chi connectivity index (χ0) is 33.6. The van der Waals surface area contributed by atoms with Crippen LogP contribution in [0.15, 0.2) is 0 Å². The molecular formula is C40H77N3O4. The minimum absolute atomic E-state index is 0.151. The van der Waals surface area contributed by atoms with Gasteiger partial charge in [0.05, 0.1) is 24.4 Å². The summed E-state index contributed by atoms with van der Waals surface area (Å²) in [6, 6.07) is 0. The van der Waals surface area contributed by atoms with Crippen LogP contribution in [0.2, 0.25) is 0 Å². The van der Waals surface area contributed by atoms with Crippen LogP contribution in [0, 0.1) is 0 Å². The summed E-state index contributed by atoms with van der Waals surface area (Å²) in [4.78, 5) is 24.2. The maximum absolute atomic E-state index is 12.1. The van der Waals surface area contributed by atoms with Gasteiger partial charge in [-0.25, -0.2) is 0 Å². The lowest BCUT2D eigenvalue weighted by Crippen LogP contribution is -2.36. The van der Waals surface area contributed by atoms with Crippen molar-refractivity contribution in [3.8, 4) is 0 Å². The molecule has 2 aliphatic rings. The van der Waals surface area contributed by atoms with Gasteiger partial charge in [-0.15, -0.1) is 0 Å². The number of hydrogen-bond donors (Lipinski definition) is 3. The number of epoxide rings is 2. The molecule has 276 valence electrons. The number of unbranched alkanes of at least 4 members (excludes halogenated alkanes) is 18. The van der Waals surface area contributed by atoms with Crippen LogP contribution in [0.4, 0.5) is 0 Å². The van der Waals surface area contributed by atoms with Gasteiger partial charge in [-0.1, -0.05) is 142 Å². The van der Waals surface area contributed by atoms with Crippen LogP contribution < -0.4 is 16.0 Å². The van der Waals surface area contributed by atoms with Crippen molar-refractivity contribution in [2.24, 2.45) is 0 Å². The van der Waals surface area contributed by atoms with Crippen molar-refractivity contribution in [1.82, 2.24) is 16.0 Å². The van der Waals surface area contributed by atoms with Crippen LogP contribution in [-0.2, 0) is 19.1 Å². The summed E-state index contributed by atoms with van der Waals surface area (Å²) < 4.78 is 11.7. The fraction of sp³-hybridized carbons (Fsp3) is 0.950. The second-order valence-electron chi connectivity index (χ2n) is 14.6. The highest BCUT2D eigenvalue weighted by Crippen LogP contribution is 2.33. The Morgan fingerprint density at radius 2 is 0.702 bits per heavy atom. The number of amides is 2. The summed E-state index contributed by atoms with van der Waals surface area (Å²) in [5.41, 5.74) is 0. The summed E-state index contributed by atoms with van der Waals surface area (Å²) in [7, 11) is 0. The van der Waals surface area contributed by atoms with Gasteiger partial charge in [0, 0.05) is 39.0 Å². The molecule has 2 amide bonds. The number of carbonyl (C=O) groups excluding carboxylic acids is 2. The number of ether oxygens (including phenoxy) is 2. The fourth-order valence-electron chi connectivity index (χ4n) is 6.83. The molecule has 3 N–H and O–H groups in total. The Balaban J connectivity index is 1.22. The van der Waals surface area contributed by atoms with Crippen molar-refractivity contribution in [2.75, 3.05) is 26.2 Å². The molecule has 2 aliphatic heterocycles. The third kappa shape index (κ3) is 25.5. The molecule has 47 heavy (non-hydrogen) atoms. The summed E-state index contributed by atoms with van der Waals surface area (Å²) >= 11 is 0. The molecule has 0 radical (unpaired) electrons. The summed E-state index contributed by atoms with van der Waals surface area (Å²) in [5.74, 6) is 0.301. The molecule has 4 atom stereocenters. The van der Waals surface area contributed by atoms with Crippen LogP contribution in [0.3, 0.4) is 0 Å². The first kappa shape index (κ1) is 42.0. The largest absolute Gasteiger partial charge is 0.370 e. The molecule has 0 spiro atoms. The average molecular weight is 664 g/mol. The molecule has 2 fully saturated rings. The van der Waals surface area contributed by atoms with Crippen molar-refractivity contribution >= 4 is 11.8 Å². The highest BCUT2D eigenvalue weighted by Gasteiger charge is 2.37. The maximum atomic E-state index is 12.1. The Morgan fingerprint density at radius 1 is 0.404 bits per heavy atom. The zero-order valence-electron chi connectivity index (χ0n) is 31.1. The maximum Gasteiger partial charge on any atom is 0.220 e. The van der Waals surface area contributed by atoms with Crippen LogP contribution >= 0.6 is 0 Å². The van der Waals surface area contributed by atoms with Gasteiger partial charge >= 0.3 is 0 Å². The molecule has 4 unspecified atom stereocenters. The molecule has 7 nitrogen and oxygen atoms in total. The van der Waals surface area contributed by atoms with Gasteiger partial charge in [0.15, 0.2) is 0 Å². The fourth-order valence-corrected chi connectivity index (χ4v) is 6.83. The predicted molar refractivity (Wildman–Crippen MR) is 197 cm³/mol. The SMILES string of the molecule is CCCCCCCCC1OC1CCCCCCCC(=O)NCCNCCNC(=O)CCCCCCCC1OC1CCCCCCCC. The minimum atomic E-state index is 0.151. The monoisotopic (exact) mass is 664 g/mol. The molecular weight excluding hydrogens is 586 g/mol. The molecule has 0 bridgehead atoms. The molecule has 2 heterocycles. The normalized spacial score (nSPS) is 20.0. The van der Waals surface area contributed by atoms with Gasteiger partial charge in [0.25, 0.3) is 0 Å². The molecule has 0 aromatic rings. The number of hydrogen-bond acceptors (Lipinski definition) is 5. The van der Waals surface area contributed by atoms with Crippen LogP contribution in [0.5, 0.6) is 0 Å². The van der Waals surface area contributed by atoms with E-state index in [1.54, 1.807) is 0 Å². The van der Waals surface area contributed by atoms with E-state index in [9.17, 15) is 9.59 Å². The van der Waals surface area contributed by atoms with E-state index in [0.717, 1.165) is 38.8 Å². The van der Waals surface area contributed by atoms with E-state index in [4.69, 9.17) is 9.47 Å². The molecule has 2 rings (SSSR count). The second-order valence-corrected chi connectivity index (χ2v) is 14.6. The van der Waals surface area contributed by atoms with Crippen molar-refractivity contribution < 1.29 is 19.1 Å². The van der Waals surface area contributed by atoms with Crippen LogP contribution in [0.25, 0.3) is 0 Å². The van der Waals surface area contributed by atoms with Gasteiger partial charge in [-0.3, -0.25) is 9.59 Å². The van der Waals surface area contributed by atoms with Crippen molar-refractivity contribution in [3.63, 3.8) is 0 Å².